The van der Waals surface area contributed by atoms with E-state index < -0.39 is 0 Å². The molecule has 1 aliphatic rings. The molecule has 0 radical (unpaired) electrons. The Kier molecular flexibility index (Phi) is 9.08. The molecule has 1 N–H and O–H groups in total. The minimum atomic E-state index is -0.362. The van der Waals surface area contributed by atoms with Gasteiger partial charge < -0.3 is 10.1 Å². The minimum Gasteiger partial charge on any atom is -0.457 e. The quantitative estimate of drug-likeness (QED) is 0.849. The lowest BCUT2D eigenvalue weighted by Crippen LogP contribution is -2.45. The highest BCUT2D eigenvalue weighted by atomic mass is 35.5. The van der Waals surface area contributed by atoms with Crippen LogP contribution in [-0.2, 0) is 0 Å². The van der Waals surface area contributed by atoms with Crippen LogP contribution < -0.4 is 10.1 Å². The molecule has 2 aromatic carbocycles. The van der Waals surface area contributed by atoms with Crippen molar-refractivity contribution in [3.05, 3.63) is 60.2 Å². The Labute approximate surface area is 155 Å². The number of halogens is 3. The van der Waals surface area contributed by atoms with Gasteiger partial charge in [-0.05, 0) is 29.8 Å². The molecule has 1 heterocycles. The monoisotopic (exact) mass is 372 g/mol. The van der Waals surface area contributed by atoms with Gasteiger partial charge in [0.05, 0.1) is 6.04 Å². The van der Waals surface area contributed by atoms with Crippen LogP contribution in [0.4, 0.5) is 4.39 Å². The molecule has 0 unspecified atom stereocenters. The number of para-hydroxylation sites is 1. The third-order valence-electron chi connectivity index (χ3n) is 3.98. The molecule has 0 bridgehead atoms. The standard InChI is InChI=1S/C18H21FN2O.2ClH/c19-14-18(21-12-10-20-11-13-21)15-6-8-17(9-7-15)22-16-4-2-1-3-5-16;;/h1-9,18,20H,10-14H2;2*1H/t18-;;/m1../s1. The third-order valence-corrected chi connectivity index (χ3v) is 3.98. The Hall–Kier alpha value is -1.33. The number of nitrogens with zero attached hydrogens (tertiary/aromatic N) is 1. The van der Waals surface area contributed by atoms with E-state index in [9.17, 15) is 4.39 Å². The van der Waals surface area contributed by atoms with Crippen LogP contribution in [-0.4, -0.2) is 37.8 Å². The summed E-state index contributed by atoms with van der Waals surface area (Å²) in [7, 11) is 0. The average Bonchev–Trinajstić information content (AvgIpc) is 2.59. The van der Waals surface area contributed by atoms with Crippen LogP contribution >= 0.6 is 24.8 Å². The molecule has 6 heteroatoms. The predicted molar refractivity (Wildman–Crippen MR) is 101 cm³/mol. The molecule has 0 spiro atoms. The van der Waals surface area contributed by atoms with Gasteiger partial charge in [-0.1, -0.05) is 30.3 Å². The van der Waals surface area contributed by atoms with E-state index in [1.165, 1.54) is 0 Å². The first-order valence-electron chi connectivity index (χ1n) is 7.70. The Morgan fingerprint density at radius 2 is 1.50 bits per heavy atom. The van der Waals surface area contributed by atoms with Gasteiger partial charge in [-0.25, -0.2) is 4.39 Å². The highest BCUT2D eigenvalue weighted by Gasteiger charge is 2.21. The number of piperazine rings is 1. The molecule has 2 aromatic rings. The smallest absolute Gasteiger partial charge is 0.127 e. The molecule has 0 aliphatic carbocycles. The molecule has 1 aliphatic heterocycles. The van der Waals surface area contributed by atoms with Crippen LogP contribution in [0.1, 0.15) is 11.6 Å². The van der Waals surface area contributed by atoms with Crippen molar-refractivity contribution in [2.24, 2.45) is 0 Å². The van der Waals surface area contributed by atoms with E-state index in [2.05, 4.69) is 10.2 Å². The van der Waals surface area contributed by atoms with Crippen LogP contribution in [0, 0.1) is 0 Å². The first-order valence-corrected chi connectivity index (χ1v) is 7.70. The lowest BCUT2D eigenvalue weighted by atomic mass is 10.1. The number of hydrogen-bond donors (Lipinski definition) is 1. The van der Waals surface area contributed by atoms with Crippen molar-refractivity contribution in [1.29, 1.82) is 0 Å². The van der Waals surface area contributed by atoms with Crippen LogP contribution in [0.3, 0.4) is 0 Å². The highest BCUT2D eigenvalue weighted by Crippen LogP contribution is 2.26. The molecule has 24 heavy (non-hydrogen) atoms. The Morgan fingerprint density at radius 3 is 2.08 bits per heavy atom. The van der Waals surface area contributed by atoms with E-state index in [-0.39, 0.29) is 37.5 Å². The van der Waals surface area contributed by atoms with Gasteiger partial charge >= 0.3 is 0 Å². The van der Waals surface area contributed by atoms with Crippen molar-refractivity contribution >= 4 is 24.8 Å². The van der Waals surface area contributed by atoms with Gasteiger partial charge in [0.25, 0.3) is 0 Å². The fourth-order valence-electron chi connectivity index (χ4n) is 2.77. The maximum Gasteiger partial charge on any atom is 0.127 e. The average molecular weight is 373 g/mol. The summed E-state index contributed by atoms with van der Waals surface area (Å²) in [5, 5.41) is 3.30. The third kappa shape index (κ3) is 5.35. The molecular weight excluding hydrogens is 350 g/mol. The minimum absolute atomic E-state index is 0. The summed E-state index contributed by atoms with van der Waals surface area (Å²) >= 11 is 0. The van der Waals surface area contributed by atoms with E-state index in [1.54, 1.807) is 0 Å². The maximum absolute atomic E-state index is 13.5. The Balaban J connectivity index is 0.00000144. The van der Waals surface area contributed by atoms with Gasteiger partial charge in [0, 0.05) is 26.2 Å². The number of hydrogen-bond acceptors (Lipinski definition) is 3. The number of benzene rings is 2. The number of ether oxygens (including phenoxy) is 1. The summed E-state index contributed by atoms with van der Waals surface area (Å²) in [6.07, 6.45) is 0. The molecule has 1 saturated heterocycles. The fourth-order valence-corrected chi connectivity index (χ4v) is 2.77. The van der Waals surface area contributed by atoms with Crippen LogP contribution in [0.5, 0.6) is 11.5 Å². The molecule has 0 saturated carbocycles. The van der Waals surface area contributed by atoms with Gasteiger partial charge in [-0.15, -0.1) is 24.8 Å². The molecule has 132 valence electrons. The predicted octanol–water partition coefficient (Wildman–Crippen LogP) is 4.24. The van der Waals surface area contributed by atoms with E-state index >= 15 is 0 Å². The van der Waals surface area contributed by atoms with Crippen molar-refractivity contribution in [3.8, 4) is 11.5 Å². The molecule has 0 amide bonds. The molecular formula is C18H23Cl2FN2O. The number of nitrogens with one attached hydrogen (secondary N) is 1. The van der Waals surface area contributed by atoms with Gasteiger partial charge in [0.2, 0.25) is 0 Å². The lowest BCUT2D eigenvalue weighted by molar-refractivity contribution is 0.147. The lowest BCUT2D eigenvalue weighted by Gasteiger charge is -2.33. The van der Waals surface area contributed by atoms with Crippen molar-refractivity contribution in [2.75, 3.05) is 32.9 Å². The van der Waals surface area contributed by atoms with Gasteiger partial charge in [-0.2, -0.15) is 0 Å². The summed E-state index contributed by atoms with van der Waals surface area (Å²) < 4.78 is 19.3. The second kappa shape index (κ2) is 10.5. The van der Waals surface area contributed by atoms with Gasteiger partial charge in [-0.3, -0.25) is 4.90 Å². The second-order valence-corrected chi connectivity index (χ2v) is 5.44. The molecule has 3 nitrogen and oxygen atoms in total. The summed E-state index contributed by atoms with van der Waals surface area (Å²) in [4.78, 5) is 2.20. The van der Waals surface area contributed by atoms with Crippen molar-refractivity contribution in [2.45, 2.75) is 6.04 Å². The summed E-state index contributed by atoms with van der Waals surface area (Å²) in [6.45, 7) is 3.25. The van der Waals surface area contributed by atoms with Crippen molar-refractivity contribution in [3.63, 3.8) is 0 Å². The van der Waals surface area contributed by atoms with Crippen LogP contribution in [0.2, 0.25) is 0 Å². The van der Waals surface area contributed by atoms with Gasteiger partial charge in [0.1, 0.15) is 18.2 Å². The summed E-state index contributed by atoms with van der Waals surface area (Å²) in [5.41, 5.74) is 1.00. The first kappa shape index (κ1) is 20.7. The zero-order chi connectivity index (χ0) is 15.2. The topological polar surface area (TPSA) is 24.5 Å². The largest absolute Gasteiger partial charge is 0.457 e. The molecule has 1 atom stereocenters. The maximum atomic E-state index is 13.5. The van der Waals surface area contributed by atoms with E-state index in [1.807, 2.05) is 54.6 Å². The molecule has 3 rings (SSSR count). The van der Waals surface area contributed by atoms with E-state index in [0.29, 0.717) is 0 Å². The first-order chi connectivity index (χ1) is 10.9. The van der Waals surface area contributed by atoms with E-state index in [4.69, 9.17) is 4.74 Å². The van der Waals surface area contributed by atoms with Crippen LogP contribution in [0.25, 0.3) is 0 Å². The van der Waals surface area contributed by atoms with E-state index in [0.717, 1.165) is 43.2 Å². The fraction of sp³-hybridized carbons (Fsp3) is 0.333. The summed E-state index contributed by atoms with van der Waals surface area (Å²) in [6, 6.07) is 17.2. The number of alkyl halides is 1. The molecule has 0 aromatic heterocycles. The van der Waals surface area contributed by atoms with Gasteiger partial charge in [0.15, 0.2) is 0 Å². The Bertz CT molecular complexity index is 577. The highest BCUT2D eigenvalue weighted by molar-refractivity contribution is 5.85. The molecule has 1 fully saturated rings. The van der Waals surface area contributed by atoms with Crippen molar-refractivity contribution in [1.82, 2.24) is 10.2 Å². The zero-order valence-electron chi connectivity index (χ0n) is 13.4. The van der Waals surface area contributed by atoms with Crippen LogP contribution in [0.15, 0.2) is 54.6 Å². The Morgan fingerprint density at radius 1 is 0.917 bits per heavy atom. The SMILES string of the molecule is Cl.Cl.FC[C@H](c1ccc(Oc2ccccc2)cc1)N1CCNCC1. The zero-order valence-corrected chi connectivity index (χ0v) is 15.0. The summed E-state index contributed by atoms with van der Waals surface area (Å²) in [5.74, 6) is 1.58. The number of rotatable bonds is 5. The normalized spacial score (nSPS) is 15.7. The van der Waals surface area contributed by atoms with Crippen molar-refractivity contribution < 1.29 is 9.13 Å². The second-order valence-electron chi connectivity index (χ2n) is 5.44.